The predicted molar refractivity (Wildman–Crippen MR) is 95.0 cm³/mol. The average molecular weight is 360 g/mol. The first-order valence-electron chi connectivity index (χ1n) is 8.03. The molecule has 7 heteroatoms. The molecule has 0 saturated heterocycles. The van der Waals surface area contributed by atoms with Gasteiger partial charge in [-0.3, -0.25) is 0 Å². The van der Waals surface area contributed by atoms with Crippen molar-refractivity contribution in [3.63, 3.8) is 0 Å². The van der Waals surface area contributed by atoms with Crippen molar-refractivity contribution < 1.29 is 19.1 Å². The van der Waals surface area contributed by atoms with E-state index in [2.05, 4.69) is 6.07 Å². The molecule has 0 bridgehead atoms. The van der Waals surface area contributed by atoms with Crippen molar-refractivity contribution >= 4 is 29.2 Å². The van der Waals surface area contributed by atoms with Crippen LogP contribution in [0.4, 0.5) is 0 Å². The molecule has 0 fully saturated rings. The summed E-state index contributed by atoms with van der Waals surface area (Å²) in [5, 5.41) is 8.79. The number of thioether (sulfide) groups is 1. The van der Waals surface area contributed by atoms with Gasteiger partial charge in [0, 0.05) is 18.4 Å². The maximum absolute atomic E-state index is 12.6. The van der Waals surface area contributed by atoms with Crippen molar-refractivity contribution in [3.8, 4) is 6.07 Å². The van der Waals surface area contributed by atoms with E-state index in [-0.39, 0.29) is 13.2 Å². The Labute approximate surface area is 150 Å². The number of hydrogen-bond acceptors (Lipinski definition) is 6. The maximum Gasteiger partial charge on any atom is 0.356 e. The molecule has 0 aliphatic heterocycles. The van der Waals surface area contributed by atoms with Crippen molar-refractivity contribution in [2.45, 2.75) is 32.1 Å². The van der Waals surface area contributed by atoms with Crippen LogP contribution in [-0.4, -0.2) is 35.3 Å². The number of hydrogen-bond donors (Lipinski definition) is 0. The summed E-state index contributed by atoms with van der Waals surface area (Å²) >= 11 is 1.29. The molecule has 0 unspecified atom stereocenters. The van der Waals surface area contributed by atoms with Gasteiger partial charge in [-0.1, -0.05) is 0 Å². The van der Waals surface area contributed by atoms with E-state index in [1.807, 2.05) is 19.1 Å². The van der Waals surface area contributed by atoms with Crippen LogP contribution < -0.4 is 0 Å². The first-order valence-corrected chi connectivity index (χ1v) is 9.02. The highest BCUT2D eigenvalue weighted by Crippen LogP contribution is 2.34. The molecule has 0 amide bonds. The third-order valence-corrected chi connectivity index (χ3v) is 4.55. The van der Waals surface area contributed by atoms with Crippen molar-refractivity contribution in [2.24, 2.45) is 0 Å². The molecule has 0 aliphatic rings. The fraction of sp³-hybridized carbons (Fsp3) is 0.389. The van der Waals surface area contributed by atoms with Crippen LogP contribution in [-0.2, 0) is 9.47 Å². The SMILES string of the molecule is CCOC(=O)c1c(SCCC#N)c(C(=O)OCC)n2ccc(C)cc12. The summed E-state index contributed by atoms with van der Waals surface area (Å²) in [5.41, 5.74) is 2.19. The van der Waals surface area contributed by atoms with Gasteiger partial charge in [0.05, 0.1) is 35.3 Å². The zero-order chi connectivity index (χ0) is 18.4. The number of ether oxygens (including phenoxy) is 2. The summed E-state index contributed by atoms with van der Waals surface area (Å²) in [6, 6.07) is 5.76. The van der Waals surface area contributed by atoms with Gasteiger partial charge < -0.3 is 13.9 Å². The minimum Gasteiger partial charge on any atom is -0.462 e. The molecule has 2 rings (SSSR count). The van der Waals surface area contributed by atoms with Crippen molar-refractivity contribution in [3.05, 3.63) is 35.2 Å². The topological polar surface area (TPSA) is 80.8 Å². The standard InChI is InChI=1S/C18H20N2O4S/c1-4-23-17(21)14-13-11-12(3)7-9-20(13)15(18(22)24-5-2)16(14)25-10-6-8-19/h7,9,11H,4-6,10H2,1-3H3. The molecule has 2 aromatic rings. The van der Waals surface area contributed by atoms with Crippen molar-refractivity contribution in [2.75, 3.05) is 19.0 Å². The Balaban J connectivity index is 2.72. The highest BCUT2D eigenvalue weighted by Gasteiger charge is 2.29. The lowest BCUT2D eigenvalue weighted by molar-refractivity contribution is 0.0514. The molecular formula is C18H20N2O4S. The molecule has 2 heterocycles. The van der Waals surface area contributed by atoms with Crippen molar-refractivity contribution in [1.29, 1.82) is 5.26 Å². The van der Waals surface area contributed by atoms with Gasteiger partial charge in [-0.2, -0.15) is 5.26 Å². The molecule has 0 aromatic carbocycles. The van der Waals surface area contributed by atoms with Crippen LogP contribution in [0, 0.1) is 18.3 Å². The Morgan fingerprint density at radius 3 is 2.56 bits per heavy atom. The Morgan fingerprint density at radius 2 is 1.92 bits per heavy atom. The molecule has 0 saturated carbocycles. The molecule has 0 spiro atoms. The number of aryl methyl sites for hydroxylation is 1. The smallest absolute Gasteiger partial charge is 0.356 e. The van der Waals surface area contributed by atoms with Gasteiger partial charge in [0.1, 0.15) is 5.69 Å². The number of rotatable bonds is 7. The second-order valence-electron chi connectivity index (χ2n) is 5.21. The summed E-state index contributed by atoms with van der Waals surface area (Å²) < 4.78 is 12.0. The second-order valence-corrected chi connectivity index (χ2v) is 6.31. The van der Waals surface area contributed by atoms with Gasteiger partial charge in [-0.15, -0.1) is 11.8 Å². The number of esters is 2. The van der Waals surface area contributed by atoms with Crippen LogP contribution in [0.1, 0.15) is 46.7 Å². The third kappa shape index (κ3) is 3.97. The third-order valence-electron chi connectivity index (χ3n) is 3.46. The molecule has 0 aliphatic carbocycles. The lowest BCUT2D eigenvalue weighted by Gasteiger charge is -2.06. The second kappa shape index (κ2) is 8.58. The molecule has 0 radical (unpaired) electrons. The normalized spacial score (nSPS) is 10.5. The molecule has 0 atom stereocenters. The van der Waals surface area contributed by atoms with Crippen LogP contribution >= 0.6 is 11.8 Å². The molecule has 2 aromatic heterocycles. The van der Waals surface area contributed by atoms with Gasteiger partial charge >= 0.3 is 11.9 Å². The number of carbonyl (C=O) groups excluding carboxylic acids is 2. The highest BCUT2D eigenvalue weighted by molar-refractivity contribution is 7.99. The van der Waals surface area contributed by atoms with Gasteiger partial charge in [0.2, 0.25) is 0 Å². The quantitative estimate of drug-likeness (QED) is 0.426. The lowest BCUT2D eigenvalue weighted by Crippen LogP contribution is -2.10. The Hall–Kier alpha value is -2.46. The van der Waals surface area contributed by atoms with Gasteiger partial charge in [0.15, 0.2) is 0 Å². The predicted octanol–water partition coefficient (Wildman–Crippen LogP) is 3.61. The monoisotopic (exact) mass is 360 g/mol. The van der Waals surface area contributed by atoms with E-state index in [4.69, 9.17) is 14.7 Å². The highest BCUT2D eigenvalue weighted by atomic mass is 32.2. The largest absolute Gasteiger partial charge is 0.462 e. The van der Waals surface area contributed by atoms with Gasteiger partial charge in [-0.05, 0) is 38.5 Å². The zero-order valence-corrected chi connectivity index (χ0v) is 15.3. The fourth-order valence-electron chi connectivity index (χ4n) is 2.47. The lowest BCUT2D eigenvalue weighted by atomic mass is 10.2. The van der Waals surface area contributed by atoms with E-state index in [0.29, 0.717) is 33.8 Å². The summed E-state index contributed by atoms with van der Waals surface area (Å²) in [6.45, 7) is 5.84. The number of nitrogens with zero attached hydrogens (tertiary/aromatic N) is 2. The molecule has 0 N–H and O–H groups in total. The fourth-order valence-corrected chi connectivity index (χ4v) is 3.52. The van der Waals surface area contributed by atoms with E-state index in [1.165, 1.54) is 11.8 Å². The van der Waals surface area contributed by atoms with Crippen molar-refractivity contribution in [1.82, 2.24) is 4.40 Å². The van der Waals surface area contributed by atoms with Crippen LogP contribution in [0.5, 0.6) is 0 Å². The molecule has 6 nitrogen and oxygen atoms in total. The van der Waals surface area contributed by atoms with Crippen LogP contribution in [0.25, 0.3) is 5.52 Å². The molecule has 25 heavy (non-hydrogen) atoms. The molecular weight excluding hydrogens is 340 g/mol. The first kappa shape index (κ1) is 18.9. The summed E-state index contributed by atoms with van der Waals surface area (Å²) in [4.78, 5) is 25.6. The van der Waals surface area contributed by atoms with E-state index >= 15 is 0 Å². The van der Waals surface area contributed by atoms with Gasteiger partial charge in [0.25, 0.3) is 0 Å². The maximum atomic E-state index is 12.6. The van der Waals surface area contributed by atoms with Gasteiger partial charge in [-0.25, -0.2) is 9.59 Å². The number of carbonyl (C=O) groups is 2. The summed E-state index contributed by atoms with van der Waals surface area (Å²) in [6.07, 6.45) is 2.05. The Morgan fingerprint density at radius 1 is 1.24 bits per heavy atom. The number of aromatic nitrogens is 1. The van der Waals surface area contributed by atoms with Crippen LogP contribution in [0.2, 0.25) is 0 Å². The minimum absolute atomic E-state index is 0.231. The molecule has 132 valence electrons. The average Bonchev–Trinajstić information content (AvgIpc) is 2.88. The Bertz CT molecular complexity index is 836. The Kier molecular flexibility index (Phi) is 6.48. The number of nitriles is 1. The summed E-state index contributed by atoms with van der Waals surface area (Å²) in [7, 11) is 0. The zero-order valence-electron chi connectivity index (χ0n) is 14.5. The first-order chi connectivity index (χ1) is 12.0. The number of pyridine rings is 1. The van der Waals surface area contributed by atoms with E-state index < -0.39 is 11.9 Å². The van der Waals surface area contributed by atoms with E-state index in [0.717, 1.165) is 5.56 Å². The number of fused-ring (bicyclic) bond motifs is 1. The van der Waals surface area contributed by atoms with E-state index in [9.17, 15) is 9.59 Å². The minimum atomic E-state index is -0.503. The van der Waals surface area contributed by atoms with E-state index in [1.54, 1.807) is 24.4 Å². The van der Waals surface area contributed by atoms with Crippen LogP contribution in [0.3, 0.4) is 0 Å². The summed E-state index contributed by atoms with van der Waals surface area (Å²) in [5.74, 6) is -0.525. The van der Waals surface area contributed by atoms with Crippen LogP contribution in [0.15, 0.2) is 23.2 Å².